The average Bonchev–Trinajstić information content (AvgIpc) is 3.44. The van der Waals surface area contributed by atoms with Crippen molar-refractivity contribution >= 4 is 9.84 Å². The van der Waals surface area contributed by atoms with Crippen LogP contribution >= 0.6 is 0 Å². The minimum absolute atomic E-state index is 0.170. The molecule has 0 radical (unpaired) electrons. The summed E-state index contributed by atoms with van der Waals surface area (Å²) in [4.78, 5) is 2.40. The van der Waals surface area contributed by atoms with Crippen molar-refractivity contribution < 1.29 is 12.8 Å². The molecule has 0 bridgehead atoms. The normalized spacial score (nSPS) is 49.1. The van der Waals surface area contributed by atoms with Gasteiger partial charge in [0.05, 0.1) is 17.2 Å². The Morgan fingerprint density at radius 3 is 2.28 bits per heavy atom. The van der Waals surface area contributed by atoms with E-state index in [4.69, 9.17) is 0 Å². The van der Waals surface area contributed by atoms with Gasteiger partial charge in [0.15, 0.2) is 9.84 Å². The van der Waals surface area contributed by atoms with Gasteiger partial charge in [0, 0.05) is 31.7 Å². The summed E-state index contributed by atoms with van der Waals surface area (Å²) in [5, 5.41) is 3.69. The molecule has 0 spiro atoms. The Balaban J connectivity index is 1.08. The highest BCUT2D eigenvalue weighted by Gasteiger charge is 2.69. The standard InChI is InChI=1S/C41H67FN2O2S/c1-28-26-44(27-29(2)47(28,45)46)24-23-43-41-18-8-9-34(41)33-14-15-36-38(5)19-16-32(31-12-10-30(25-42)11-13-31)37(3,4)35(38)17-20-40(36,7)39(33,6)21-22-41/h12,16,28-30,33-36,43H,8-11,13-15,17-27H2,1-7H3/t28?,29?,30?,33-,34?,35?,36?,38?,39-,40-,41+/m1/s1. The summed E-state index contributed by atoms with van der Waals surface area (Å²) in [7, 11) is -2.98. The third-order valence-corrected chi connectivity index (χ3v) is 19.6. The van der Waals surface area contributed by atoms with Crippen LogP contribution in [0.25, 0.3) is 0 Å². The molecule has 7 rings (SSSR count). The van der Waals surface area contributed by atoms with Crippen molar-refractivity contribution in [3.8, 4) is 0 Å². The van der Waals surface area contributed by atoms with E-state index in [1.165, 1.54) is 69.8 Å². The van der Waals surface area contributed by atoms with Crippen LogP contribution in [-0.4, -0.2) is 62.2 Å². The highest BCUT2D eigenvalue weighted by Crippen LogP contribution is 2.76. The molecule has 1 heterocycles. The van der Waals surface area contributed by atoms with E-state index in [0.717, 1.165) is 50.1 Å². The van der Waals surface area contributed by atoms with E-state index in [0.29, 0.717) is 35.3 Å². The number of hydrogen-bond acceptors (Lipinski definition) is 4. The number of hydrogen-bond donors (Lipinski definition) is 1. The van der Waals surface area contributed by atoms with Crippen molar-refractivity contribution in [1.82, 2.24) is 10.2 Å². The monoisotopic (exact) mass is 670 g/mol. The summed E-state index contributed by atoms with van der Waals surface area (Å²) in [6.07, 6.45) is 21.4. The zero-order valence-electron chi connectivity index (χ0n) is 31.0. The molecule has 47 heavy (non-hydrogen) atoms. The predicted octanol–water partition coefficient (Wildman–Crippen LogP) is 8.92. The fourth-order valence-corrected chi connectivity index (χ4v) is 16.0. The molecule has 0 aromatic rings. The summed E-state index contributed by atoms with van der Waals surface area (Å²) in [6, 6.07) is 0. The van der Waals surface area contributed by atoms with Gasteiger partial charge in [-0.3, -0.25) is 9.29 Å². The second kappa shape index (κ2) is 11.9. The fraction of sp³-hybridized carbons (Fsp3) is 0.902. The zero-order chi connectivity index (χ0) is 33.6. The van der Waals surface area contributed by atoms with Gasteiger partial charge in [0.2, 0.25) is 0 Å². The quantitative estimate of drug-likeness (QED) is 0.307. The SMILES string of the molecule is CC1CN(CCN[C@]23CCCC2[C@H]2CCC4C5(C)CC=C(C6=CCC(CF)CC6)C(C)(C)C5CC[C@@]4(C)[C@]2(C)CC3)CC(C)S1(=O)=O. The molecule has 4 nitrogen and oxygen atoms in total. The van der Waals surface area contributed by atoms with Crippen LogP contribution in [0.3, 0.4) is 0 Å². The van der Waals surface area contributed by atoms with Gasteiger partial charge in [-0.25, -0.2) is 8.42 Å². The molecule has 0 amide bonds. The van der Waals surface area contributed by atoms with E-state index in [1.54, 1.807) is 5.57 Å². The molecule has 7 aliphatic rings. The van der Waals surface area contributed by atoms with Gasteiger partial charge >= 0.3 is 0 Å². The minimum Gasteiger partial charge on any atom is -0.310 e. The third-order valence-electron chi connectivity index (χ3n) is 17.1. The van der Waals surface area contributed by atoms with Gasteiger partial charge < -0.3 is 5.32 Å². The molecule has 266 valence electrons. The number of halogens is 1. The van der Waals surface area contributed by atoms with Crippen molar-refractivity contribution in [2.24, 2.45) is 51.2 Å². The molecule has 0 aromatic heterocycles. The van der Waals surface area contributed by atoms with E-state index in [2.05, 4.69) is 57.0 Å². The van der Waals surface area contributed by atoms with Crippen LogP contribution in [0.1, 0.15) is 132 Å². The first-order chi connectivity index (χ1) is 22.1. The molecule has 11 atom stereocenters. The van der Waals surface area contributed by atoms with Crippen molar-refractivity contribution in [1.29, 1.82) is 0 Å². The lowest BCUT2D eigenvalue weighted by Crippen LogP contribution is -2.67. The van der Waals surface area contributed by atoms with Crippen LogP contribution in [0.15, 0.2) is 23.3 Å². The van der Waals surface area contributed by atoms with E-state index >= 15 is 0 Å². The first kappa shape index (κ1) is 34.7. The van der Waals surface area contributed by atoms with E-state index in [1.807, 2.05) is 13.8 Å². The Morgan fingerprint density at radius 2 is 1.60 bits per heavy atom. The number of allylic oxidation sites excluding steroid dienone is 4. The largest absolute Gasteiger partial charge is 0.310 e. The summed E-state index contributed by atoms with van der Waals surface area (Å²) in [5.41, 5.74) is 4.69. The first-order valence-electron chi connectivity index (χ1n) is 19.8. The molecule has 7 unspecified atom stereocenters. The third kappa shape index (κ3) is 5.15. The topological polar surface area (TPSA) is 49.4 Å². The second-order valence-electron chi connectivity index (χ2n) is 19.3. The van der Waals surface area contributed by atoms with Crippen molar-refractivity contribution in [2.75, 3.05) is 32.9 Å². The summed E-state index contributed by atoms with van der Waals surface area (Å²) >= 11 is 0. The van der Waals surface area contributed by atoms with Gasteiger partial charge in [-0.05, 0) is 153 Å². The summed E-state index contributed by atoms with van der Waals surface area (Å²) < 4.78 is 38.6. The van der Waals surface area contributed by atoms with Gasteiger partial charge in [0.25, 0.3) is 0 Å². The molecular formula is C41H67FN2O2S. The molecule has 1 N–H and O–H groups in total. The van der Waals surface area contributed by atoms with Crippen LogP contribution in [0.5, 0.6) is 0 Å². The maximum atomic E-state index is 13.4. The summed E-state index contributed by atoms with van der Waals surface area (Å²) in [6.45, 7) is 20.2. The lowest BCUT2D eigenvalue weighted by molar-refractivity contribution is -0.218. The highest BCUT2D eigenvalue weighted by atomic mass is 32.2. The lowest BCUT2D eigenvalue weighted by Gasteiger charge is -2.72. The number of nitrogens with one attached hydrogen (secondary N) is 1. The molecule has 1 aliphatic heterocycles. The lowest BCUT2D eigenvalue weighted by atomic mass is 9.33. The minimum atomic E-state index is -2.98. The Morgan fingerprint density at radius 1 is 0.851 bits per heavy atom. The Labute approximate surface area is 287 Å². The fourth-order valence-electron chi connectivity index (χ4n) is 14.4. The van der Waals surface area contributed by atoms with E-state index in [-0.39, 0.29) is 34.0 Å². The van der Waals surface area contributed by atoms with Gasteiger partial charge in [0.1, 0.15) is 0 Å². The van der Waals surface area contributed by atoms with Crippen molar-refractivity contribution in [3.63, 3.8) is 0 Å². The molecule has 0 aromatic carbocycles. The number of alkyl halides is 1. The maximum Gasteiger partial charge on any atom is 0.157 e. The van der Waals surface area contributed by atoms with Crippen LogP contribution in [-0.2, 0) is 9.84 Å². The van der Waals surface area contributed by atoms with Crippen molar-refractivity contribution in [3.05, 3.63) is 23.3 Å². The van der Waals surface area contributed by atoms with Crippen LogP contribution in [0.4, 0.5) is 4.39 Å². The number of nitrogens with zero attached hydrogens (tertiary/aromatic N) is 1. The average molecular weight is 671 g/mol. The van der Waals surface area contributed by atoms with Crippen LogP contribution in [0.2, 0.25) is 0 Å². The molecule has 4 saturated carbocycles. The first-order valence-corrected chi connectivity index (χ1v) is 21.4. The van der Waals surface area contributed by atoms with Crippen LogP contribution in [0, 0.1) is 51.2 Å². The molecule has 6 aliphatic carbocycles. The van der Waals surface area contributed by atoms with Gasteiger partial charge in [-0.1, -0.05) is 53.2 Å². The van der Waals surface area contributed by atoms with Crippen molar-refractivity contribution in [2.45, 2.75) is 148 Å². The number of fused-ring (bicyclic) bond motifs is 7. The highest BCUT2D eigenvalue weighted by molar-refractivity contribution is 7.92. The van der Waals surface area contributed by atoms with Gasteiger partial charge in [-0.15, -0.1) is 0 Å². The molecule has 6 heteroatoms. The Bertz CT molecular complexity index is 1370. The Hall–Kier alpha value is -0.720. The predicted molar refractivity (Wildman–Crippen MR) is 193 cm³/mol. The Kier molecular flexibility index (Phi) is 8.81. The summed E-state index contributed by atoms with van der Waals surface area (Å²) in [5.74, 6) is 3.27. The zero-order valence-corrected chi connectivity index (χ0v) is 31.8. The van der Waals surface area contributed by atoms with E-state index in [9.17, 15) is 12.8 Å². The smallest absolute Gasteiger partial charge is 0.157 e. The second-order valence-corrected chi connectivity index (χ2v) is 22.1. The van der Waals surface area contributed by atoms with Crippen LogP contribution < -0.4 is 5.32 Å². The number of rotatable bonds is 6. The maximum absolute atomic E-state index is 13.4. The molecule has 5 fully saturated rings. The number of sulfone groups is 1. The van der Waals surface area contributed by atoms with E-state index < -0.39 is 9.84 Å². The molecular weight excluding hydrogens is 604 g/mol. The van der Waals surface area contributed by atoms with Gasteiger partial charge in [-0.2, -0.15) is 0 Å². The molecule has 1 saturated heterocycles.